The molecule has 1 fully saturated rings. The van der Waals surface area contributed by atoms with E-state index < -0.39 is 11.5 Å². The summed E-state index contributed by atoms with van der Waals surface area (Å²) in [6.07, 6.45) is 3.22. The highest BCUT2D eigenvalue weighted by atomic mass is 35.5. The lowest BCUT2D eigenvalue weighted by atomic mass is 10.1. The standard InChI is InChI=1S/C24H23ClN8O3/c25-17-7-5-15(6-8-17)14-27-23(35)18-13-16-3-1-10-26-22(16)33(24(18)36)12-9-20(34)32-11-2-4-19(32)21-28-30-31-29-21/h1,3,5-8,10,13,19H,2,4,9,11-12,14H2,(H,27,35)(H,28,29,30,31). The predicted octanol–water partition coefficient (Wildman–Crippen LogP) is 2.25. The van der Waals surface area contributed by atoms with Crippen LogP contribution in [-0.4, -0.2) is 53.4 Å². The van der Waals surface area contributed by atoms with E-state index in [0.29, 0.717) is 28.4 Å². The molecule has 1 aliphatic rings. The van der Waals surface area contributed by atoms with Gasteiger partial charge in [-0.25, -0.2) is 4.98 Å². The molecule has 4 heterocycles. The quantitative estimate of drug-likeness (QED) is 0.392. The van der Waals surface area contributed by atoms with E-state index in [-0.39, 0.29) is 37.0 Å². The van der Waals surface area contributed by atoms with Crippen molar-refractivity contribution in [3.05, 3.63) is 81.0 Å². The number of carbonyl (C=O) groups excluding carboxylic acids is 2. The Hall–Kier alpha value is -4.12. The summed E-state index contributed by atoms with van der Waals surface area (Å²) in [5, 5.41) is 18.1. The summed E-state index contributed by atoms with van der Waals surface area (Å²) < 4.78 is 1.39. The molecule has 11 nitrogen and oxygen atoms in total. The lowest BCUT2D eigenvalue weighted by Crippen LogP contribution is -2.35. The number of halogens is 1. The Kier molecular flexibility index (Phi) is 6.72. The van der Waals surface area contributed by atoms with Gasteiger partial charge in [-0.1, -0.05) is 28.9 Å². The smallest absolute Gasteiger partial charge is 0.265 e. The fraction of sp³-hybridized carbons (Fsp3) is 0.292. The highest BCUT2D eigenvalue weighted by molar-refractivity contribution is 6.30. The normalized spacial score (nSPS) is 15.4. The Labute approximate surface area is 210 Å². The third-order valence-corrected chi connectivity index (χ3v) is 6.49. The molecule has 3 aromatic heterocycles. The Bertz CT molecular complexity index is 1450. The third-order valence-electron chi connectivity index (χ3n) is 6.24. The molecule has 0 saturated carbocycles. The van der Waals surface area contributed by atoms with E-state index in [2.05, 4.69) is 30.9 Å². The minimum atomic E-state index is -0.502. The first-order valence-corrected chi connectivity index (χ1v) is 11.9. The third kappa shape index (κ3) is 4.82. The van der Waals surface area contributed by atoms with Gasteiger partial charge in [0.25, 0.3) is 11.5 Å². The molecular weight excluding hydrogens is 484 g/mol. The van der Waals surface area contributed by atoms with Crippen molar-refractivity contribution >= 4 is 34.4 Å². The molecule has 36 heavy (non-hydrogen) atoms. The van der Waals surface area contributed by atoms with E-state index in [9.17, 15) is 14.4 Å². The number of fused-ring (bicyclic) bond motifs is 1. The topological polar surface area (TPSA) is 139 Å². The number of tetrazole rings is 1. The molecule has 5 rings (SSSR count). The van der Waals surface area contributed by atoms with Gasteiger partial charge in [0.1, 0.15) is 11.2 Å². The van der Waals surface area contributed by atoms with Gasteiger partial charge in [-0.3, -0.25) is 19.0 Å². The zero-order chi connectivity index (χ0) is 25.1. The van der Waals surface area contributed by atoms with Crippen molar-refractivity contribution in [2.24, 2.45) is 0 Å². The van der Waals surface area contributed by atoms with Gasteiger partial charge in [-0.2, -0.15) is 5.21 Å². The van der Waals surface area contributed by atoms with Crippen molar-refractivity contribution in [3.63, 3.8) is 0 Å². The minimum Gasteiger partial charge on any atom is -0.348 e. The molecule has 1 aromatic carbocycles. The number of benzene rings is 1. The number of likely N-dealkylation sites (tertiary alicyclic amines) is 1. The van der Waals surface area contributed by atoms with E-state index in [1.54, 1.807) is 47.5 Å². The summed E-state index contributed by atoms with van der Waals surface area (Å²) in [6, 6.07) is 11.9. The van der Waals surface area contributed by atoms with Gasteiger partial charge in [0.15, 0.2) is 5.82 Å². The van der Waals surface area contributed by atoms with Crippen LogP contribution in [0.15, 0.2) is 53.5 Å². The SMILES string of the molecule is O=C(NCc1ccc(Cl)cc1)c1cc2cccnc2n(CCC(=O)N2CCCC2c2nn[nH]n2)c1=O. The van der Waals surface area contributed by atoms with Gasteiger partial charge < -0.3 is 10.2 Å². The summed E-state index contributed by atoms with van der Waals surface area (Å²) in [7, 11) is 0. The van der Waals surface area contributed by atoms with Gasteiger partial charge in [-0.05, 0) is 48.7 Å². The number of carbonyl (C=O) groups is 2. The number of rotatable bonds is 7. The molecule has 0 bridgehead atoms. The molecule has 2 amide bonds. The first-order valence-electron chi connectivity index (χ1n) is 11.6. The van der Waals surface area contributed by atoms with Crippen molar-refractivity contribution in [2.45, 2.75) is 38.4 Å². The molecule has 2 N–H and O–H groups in total. The summed E-state index contributed by atoms with van der Waals surface area (Å²) in [6.45, 7) is 0.906. The average molecular weight is 507 g/mol. The highest BCUT2D eigenvalue weighted by Gasteiger charge is 2.32. The number of amides is 2. The first-order chi connectivity index (χ1) is 17.5. The highest BCUT2D eigenvalue weighted by Crippen LogP contribution is 2.29. The Morgan fingerprint density at radius 2 is 2.03 bits per heavy atom. The molecule has 12 heteroatoms. The fourth-order valence-electron chi connectivity index (χ4n) is 4.45. The van der Waals surface area contributed by atoms with Gasteiger partial charge >= 0.3 is 0 Å². The van der Waals surface area contributed by atoms with Crippen molar-refractivity contribution in [1.82, 2.24) is 40.4 Å². The molecular formula is C24H23ClN8O3. The number of hydrogen-bond donors (Lipinski definition) is 2. The molecule has 184 valence electrons. The molecule has 0 radical (unpaired) electrons. The van der Waals surface area contributed by atoms with Gasteiger partial charge in [0, 0.05) is 42.7 Å². The van der Waals surface area contributed by atoms with Crippen LogP contribution in [0.25, 0.3) is 11.0 Å². The van der Waals surface area contributed by atoms with E-state index >= 15 is 0 Å². The van der Waals surface area contributed by atoms with Crippen LogP contribution in [0.2, 0.25) is 5.02 Å². The van der Waals surface area contributed by atoms with Crippen LogP contribution in [0.5, 0.6) is 0 Å². The van der Waals surface area contributed by atoms with E-state index in [1.807, 2.05) is 0 Å². The van der Waals surface area contributed by atoms with Crippen LogP contribution < -0.4 is 10.9 Å². The molecule has 1 aliphatic heterocycles. The molecule has 1 unspecified atom stereocenters. The number of pyridine rings is 2. The number of nitrogens with zero attached hydrogens (tertiary/aromatic N) is 6. The van der Waals surface area contributed by atoms with Crippen LogP contribution in [0, 0.1) is 0 Å². The van der Waals surface area contributed by atoms with Gasteiger partial charge in [0.05, 0.1) is 6.04 Å². The number of aryl methyl sites for hydroxylation is 1. The number of H-pyrrole nitrogens is 1. The summed E-state index contributed by atoms with van der Waals surface area (Å²) in [5.74, 6) is -0.155. The van der Waals surface area contributed by atoms with Crippen molar-refractivity contribution in [1.29, 1.82) is 0 Å². The van der Waals surface area contributed by atoms with Crippen LogP contribution in [0.3, 0.4) is 0 Å². The lowest BCUT2D eigenvalue weighted by Gasteiger charge is -2.22. The second-order valence-electron chi connectivity index (χ2n) is 8.51. The second-order valence-corrected chi connectivity index (χ2v) is 8.94. The van der Waals surface area contributed by atoms with Gasteiger partial charge in [0.2, 0.25) is 5.91 Å². The minimum absolute atomic E-state index is 0.0113. The van der Waals surface area contributed by atoms with E-state index in [1.165, 1.54) is 10.6 Å². The largest absolute Gasteiger partial charge is 0.348 e. The predicted molar refractivity (Wildman–Crippen MR) is 131 cm³/mol. The van der Waals surface area contributed by atoms with Crippen LogP contribution in [0.4, 0.5) is 0 Å². The maximum absolute atomic E-state index is 13.4. The Morgan fingerprint density at radius 3 is 2.81 bits per heavy atom. The molecule has 1 saturated heterocycles. The summed E-state index contributed by atoms with van der Waals surface area (Å²) in [4.78, 5) is 45.4. The van der Waals surface area contributed by atoms with Crippen molar-refractivity contribution in [2.75, 3.05) is 6.54 Å². The molecule has 4 aromatic rings. The molecule has 1 atom stereocenters. The maximum atomic E-state index is 13.4. The fourth-order valence-corrected chi connectivity index (χ4v) is 4.58. The maximum Gasteiger partial charge on any atom is 0.265 e. The zero-order valence-corrected chi connectivity index (χ0v) is 20.0. The van der Waals surface area contributed by atoms with E-state index in [4.69, 9.17) is 11.6 Å². The first kappa shape index (κ1) is 23.6. The van der Waals surface area contributed by atoms with Crippen LogP contribution in [0.1, 0.15) is 47.1 Å². The average Bonchev–Trinajstić information content (AvgIpc) is 3.59. The van der Waals surface area contributed by atoms with Crippen molar-refractivity contribution < 1.29 is 9.59 Å². The van der Waals surface area contributed by atoms with Crippen LogP contribution in [-0.2, 0) is 17.9 Å². The summed E-state index contributed by atoms with van der Waals surface area (Å²) >= 11 is 5.92. The summed E-state index contributed by atoms with van der Waals surface area (Å²) in [5.41, 5.74) is 0.755. The molecule has 0 aliphatic carbocycles. The van der Waals surface area contributed by atoms with E-state index in [0.717, 1.165) is 18.4 Å². The van der Waals surface area contributed by atoms with Gasteiger partial charge in [-0.15, -0.1) is 10.2 Å². The Balaban J connectivity index is 1.36. The number of hydrogen-bond acceptors (Lipinski definition) is 7. The lowest BCUT2D eigenvalue weighted by molar-refractivity contribution is -0.132. The monoisotopic (exact) mass is 506 g/mol. The Morgan fingerprint density at radius 1 is 1.19 bits per heavy atom. The number of aromatic amines is 1. The second kappa shape index (κ2) is 10.2. The zero-order valence-electron chi connectivity index (χ0n) is 19.2. The number of nitrogens with one attached hydrogen (secondary N) is 2. The molecule has 0 spiro atoms. The van der Waals surface area contributed by atoms with Crippen LogP contribution >= 0.6 is 11.6 Å². The van der Waals surface area contributed by atoms with Crippen molar-refractivity contribution in [3.8, 4) is 0 Å². The number of aromatic nitrogens is 6.